The molecule has 17 heavy (non-hydrogen) atoms. The summed E-state index contributed by atoms with van der Waals surface area (Å²) in [6, 6.07) is 2.02. The molecule has 0 fully saturated rings. The number of nitrogens with zero attached hydrogens (tertiary/aromatic N) is 2. The second-order valence-corrected chi connectivity index (χ2v) is 4.54. The van der Waals surface area contributed by atoms with Crippen molar-refractivity contribution in [2.75, 3.05) is 11.9 Å². The van der Waals surface area contributed by atoms with E-state index in [0.717, 1.165) is 23.4 Å². The molecule has 0 aliphatic carbocycles. The Labute approximate surface area is 104 Å². The van der Waals surface area contributed by atoms with E-state index in [1.165, 1.54) is 0 Å². The Bertz CT molecular complexity index is 424. The topological polar surface area (TPSA) is 33.2 Å². The molecule has 1 aliphatic heterocycles. The smallest absolute Gasteiger partial charge is 0.236 e. The summed E-state index contributed by atoms with van der Waals surface area (Å²) in [6.45, 7) is 9.96. The fourth-order valence-electron chi connectivity index (χ4n) is 2.08. The standard InChI is InChI=1S/C12H16N2O.C2H6/c1-5-8-6-10-9(7-13-8)12(2,3)11(15)14(10)4;1-2/h6-7H,5H2,1-4H3;1-2H3. The van der Waals surface area contributed by atoms with E-state index in [-0.39, 0.29) is 5.91 Å². The normalized spacial score (nSPS) is 16.4. The molecule has 2 rings (SSSR count). The van der Waals surface area contributed by atoms with E-state index in [0.29, 0.717) is 0 Å². The molecular formula is C14H22N2O. The third-order valence-electron chi connectivity index (χ3n) is 3.17. The average Bonchev–Trinajstić information content (AvgIpc) is 2.53. The van der Waals surface area contributed by atoms with Gasteiger partial charge in [0.15, 0.2) is 0 Å². The van der Waals surface area contributed by atoms with Gasteiger partial charge in [-0.3, -0.25) is 9.78 Å². The van der Waals surface area contributed by atoms with Crippen LogP contribution >= 0.6 is 0 Å². The van der Waals surface area contributed by atoms with Gasteiger partial charge in [-0.2, -0.15) is 0 Å². The zero-order valence-corrected chi connectivity index (χ0v) is 11.7. The molecule has 3 heteroatoms. The molecule has 1 aliphatic rings. The number of aromatic nitrogens is 1. The van der Waals surface area contributed by atoms with Crippen LogP contribution in [0.4, 0.5) is 5.69 Å². The number of pyridine rings is 1. The first kappa shape index (κ1) is 13.7. The highest BCUT2D eigenvalue weighted by molar-refractivity contribution is 6.07. The van der Waals surface area contributed by atoms with Gasteiger partial charge in [-0.1, -0.05) is 20.8 Å². The number of anilines is 1. The van der Waals surface area contributed by atoms with E-state index >= 15 is 0 Å². The molecule has 2 heterocycles. The van der Waals surface area contributed by atoms with Gasteiger partial charge < -0.3 is 4.90 Å². The van der Waals surface area contributed by atoms with Gasteiger partial charge in [0.1, 0.15) is 0 Å². The van der Waals surface area contributed by atoms with Crippen LogP contribution in [-0.4, -0.2) is 17.9 Å². The zero-order valence-electron chi connectivity index (χ0n) is 11.7. The molecule has 1 aromatic rings. The van der Waals surface area contributed by atoms with Crippen molar-refractivity contribution in [2.24, 2.45) is 0 Å². The lowest BCUT2D eigenvalue weighted by Gasteiger charge is -2.15. The Morgan fingerprint density at radius 1 is 1.35 bits per heavy atom. The van der Waals surface area contributed by atoms with E-state index in [2.05, 4.69) is 11.9 Å². The maximum Gasteiger partial charge on any atom is 0.236 e. The summed E-state index contributed by atoms with van der Waals surface area (Å²) < 4.78 is 0. The van der Waals surface area contributed by atoms with Crippen molar-refractivity contribution in [1.82, 2.24) is 4.98 Å². The van der Waals surface area contributed by atoms with Crippen molar-refractivity contribution in [1.29, 1.82) is 0 Å². The quantitative estimate of drug-likeness (QED) is 0.748. The van der Waals surface area contributed by atoms with Crippen molar-refractivity contribution in [3.63, 3.8) is 0 Å². The summed E-state index contributed by atoms with van der Waals surface area (Å²) >= 11 is 0. The van der Waals surface area contributed by atoms with E-state index in [1.807, 2.05) is 47.0 Å². The first-order valence-electron chi connectivity index (χ1n) is 6.26. The number of carbonyl (C=O) groups is 1. The monoisotopic (exact) mass is 234 g/mol. The summed E-state index contributed by atoms with van der Waals surface area (Å²) in [5.41, 5.74) is 2.65. The highest BCUT2D eigenvalue weighted by atomic mass is 16.2. The first-order chi connectivity index (χ1) is 7.98. The molecule has 0 bridgehead atoms. The maximum absolute atomic E-state index is 12.0. The van der Waals surface area contributed by atoms with E-state index in [9.17, 15) is 4.79 Å². The third kappa shape index (κ3) is 2.06. The highest BCUT2D eigenvalue weighted by Crippen LogP contribution is 2.40. The number of fused-ring (bicyclic) bond motifs is 1. The summed E-state index contributed by atoms with van der Waals surface area (Å²) in [7, 11) is 1.83. The second kappa shape index (κ2) is 4.86. The number of likely N-dealkylation sites (N-methyl/N-ethyl adjacent to an activating group) is 1. The van der Waals surface area contributed by atoms with Crippen LogP contribution in [0.25, 0.3) is 0 Å². The van der Waals surface area contributed by atoms with E-state index in [4.69, 9.17) is 0 Å². The molecule has 0 atom stereocenters. The molecule has 0 N–H and O–H groups in total. The highest BCUT2D eigenvalue weighted by Gasteiger charge is 2.42. The van der Waals surface area contributed by atoms with Crippen LogP contribution in [0.3, 0.4) is 0 Å². The molecular weight excluding hydrogens is 212 g/mol. The fraction of sp³-hybridized carbons (Fsp3) is 0.571. The summed E-state index contributed by atoms with van der Waals surface area (Å²) in [4.78, 5) is 18.1. The third-order valence-corrected chi connectivity index (χ3v) is 3.17. The predicted octanol–water partition coefficient (Wildman–Crippen LogP) is 2.92. The minimum absolute atomic E-state index is 0.146. The van der Waals surface area contributed by atoms with Crippen molar-refractivity contribution < 1.29 is 4.79 Å². The van der Waals surface area contributed by atoms with E-state index < -0.39 is 5.41 Å². The Hall–Kier alpha value is -1.38. The largest absolute Gasteiger partial charge is 0.314 e. The van der Waals surface area contributed by atoms with Crippen LogP contribution < -0.4 is 4.90 Å². The number of rotatable bonds is 1. The van der Waals surface area contributed by atoms with Crippen molar-refractivity contribution in [2.45, 2.75) is 46.5 Å². The van der Waals surface area contributed by atoms with Crippen LogP contribution in [0.2, 0.25) is 0 Å². The molecule has 1 aromatic heterocycles. The molecule has 0 unspecified atom stereocenters. The van der Waals surface area contributed by atoms with Gasteiger partial charge in [0.05, 0.1) is 11.1 Å². The van der Waals surface area contributed by atoms with Gasteiger partial charge >= 0.3 is 0 Å². The molecule has 0 spiro atoms. The second-order valence-electron chi connectivity index (χ2n) is 4.54. The Balaban J connectivity index is 0.000000686. The van der Waals surface area contributed by atoms with Crippen LogP contribution in [-0.2, 0) is 16.6 Å². The van der Waals surface area contributed by atoms with Gasteiger partial charge in [0.2, 0.25) is 5.91 Å². The van der Waals surface area contributed by atoms with Crippen molar-refractivity contribution in [3.8, 4) is 0 Å². The average molecular weight is 234 g/mol. The van der Waals surface area contributed by atoms with Crippen LogP contribution in [0.15, 0.2) is 12.3 Å². The zero-order chi connectivity index (χ0) is 13.2. The number of hydrogen-bond donors (Lipinski definition) is 0. The lowest BCUT2D eigenvalue weighted by Crippen LogP contribution is -2.33. The SMILES string of the molecule is CC.CCc1cc2c(cn1)C(C)(C)C(=O)N2C. The lowest BCUT2D eigenvalue weighted by molar-refractivity contribution is -0.121. The van der Waals surface area contributed by atoms with E-state index in [1.54, 1.807) is 4.90 Å². The molecule has 0 saturated carbocycles. The van der Waals surface area contributed by atoms with Crippen LogP contribution in [0.1, 0.15) is 45.9 Å². The Kier molecular flexibility index (Phi) is 3.91. The summed E-state index contributed by atoms with van der Waals surface area (Å²) in [6.07, 6.45) is 2.74. The number of carbonyl (C=O) groups excluding carboxylic acids is 1. The molecule has 0 radical (unpaired) electrons. The first-order valence-corrected chi connectivity index (χ1v) is 6.26. The lowest BCUT2D eigenvalue weighted by atomic mass is 9.87. The molecule has 0 aromatic carbocycles. The predicted molar refractivity (Wildman–Crippen MR) is 71.4 cm³/mol. The molecule has 0 saturated heterocycles. The van der Waals surface area contributed by atoms with Crippen molar-refractivity contribution >= 4 is 11.6 Å². The van der Waals surface area contributed by atoms with Gasteiger partial charge in [-0.15, -0.1) is 0 Å². The summed E-state index contributed by atoms with van der Waals surface area (Å²) in [5.74, 6) is 0.146. The minimum Gasteiger partial charge on any atom is -0.314 e. The van der Waals surface area contributed by atoms with Crippen molar-refractivity contribution in [3.05, 3.63) is 23.5 Å². The Morgan fingerprint density at radius 2 is 1.94 bits per heavy atom. The minimum atomic E-state index is -0.427. The molecule has 3 nitrogen and oxygen atoms in total. The number of hydrogen-bond acceptors (Lipinski definition) is 2. The van der Waals surface area contributed by atoms with Gasteiger partial charge in [0.25, 0.3) is 0 Å². The molecule has 1 amide bonds. The summed E-state index contributed by atoms with van der Waals surface area (Å²) in [5, 5.41) is 0. The van der Waals surface area contributed by atoms with Gasteiger partial charge in [-0.25, -0.2) is 0 Å². The fourth-order valence-corrected chi connectivity index (χ4v) is 2.08. The van der Waals surface area contributed by atoms with Crippen LogP contribution in [0, 0.1) is 0 Å². The van der Waals surface area contributed by atoms with Gasteiger partial charge in [-0.05, 0) is 26.3 Å². The number of amides is 1. The van der Waals surface area contributed by atoms with Crippen LogP contribution in [0.5, 0.6) is 0 Å². The van der Waals surface area contributed by atoms with Gasteiger partial charge in [0, 0.05) is 24.5 Å². The number of aryl methyl sites for hydroxylation is 1. The Morgan fingerprint density at radius 3 is 2.47 bits per heavy atom. The maximum atomic E-state index is 12.0. The molecule has 94 valence electrons.